The summed E-state index contributed by atoms with van der Waals surface area (Å²) in [5, 5.41) is 9.72. The van der Waals surface area contributed by atoms with Crippen LogP contribution in [0, 0.1) is 0 Å². The van der Waals surface area contributed by atoms with E-state index in [4.69, 9.17) is 9.52 Å². The molecule has 1 unspecified atom stereocenters. The molecular formula is C10H11NO2S. The van der Waals surface area contributed by atoms with Crippen molar-refractivity contribution < 1.29 is 9.52 Å². The number of oxazole rings is 1. The number of fused-ring (bicyclic) bond motifs is 1. The van der Waals surface area contributed by atoms with Gasteiger partial charge in [-0.1, -0.05) is 23.9 Å². The van der Waals surface area contributed by atoms with Crippen molar-refractivity contribution >= 4 is 22.9 Å². The summed E-state index contributed by atoms with van der Waals surface area (Å²) in [7, 11) is 0. The molecule has 4 heteroatoms. The highest BCUT2D eigenvalue weighted by atomic mass is 32.2. The van der Waals surface area contributed by atoms with Crippen LogP contribution in [-0.4, -0.2) is 21.9 Å². The van der Waals surface area contributed by atoms with Gasteiger partial charge in [0.15, 0.2) is 5.58 Å². The zero-order valence-corrected chi connectivity index (χ0v) is 8.62. The molecule has 0 aliphatic carbocycles. The number of benzene rings is 1. The number of aromatic nitrogens is 1. The molecule has 0 saturated heterocycles. The van der Waals surface area contributed by atoms with Crippen LogP contribution in [0.15, 0.2) is 33.9 Å². The first-order valence-electron chi connectivity index (χ1n) is 4.42. The second-order valence-electron chi connectivity index (χ2n) is 3.11. The fraction of sp³-hybridized carbons (Fsp3) is 0.300. The lowest BCUT2D eigenvalue weighted by Gasteiger charge is -1.98. The average molecular weight is 209 g/mol. The lowest BCUT2D eigenvalue weighted by Crippen LogP contribution is -2.02. The van der Waals surface area contributed by atoms with E-state index in [1.165, 1.54) is 11.8 Å². The fourth-order valence-corrected chi connectivity index (χ4v) is 1.80. The van der Waals surface area contributed by atoms with Crippen LogP contribution in [0.25, 0.3) is 11.1 Å². The second-order valence-corrected chi connectivity index (χ2v) is 4.08. The Hall–Kier alpha value is -1.00. The second kappa shape index (κ2) is 4.02. The number of para-hydroxylation sites is 2. The molecule has 0 saturated carbocycles. The predicted molar refractivity (Wildman–Crippen MR) is 56.4 cm³/mol. The van der Waals surface area contributed by atoms with Gasteiger partial charge < -0.3 is 9.52 Å². The van der Waals surface area contributed by atoms with E-state index in [2.05, 4.69) is 4.98 Å². The monoisotopic (exact) mass is 209 g/mol. The summed E-state index contributed by atoms with van der Waals surface area (Å²) in [6.45, 7) is 1.75. The summed E-state index contributed by atoms with van der Waals surface area (Å²) in [6.07, 6.45) is -0.338. The van der Waals surface area contributed by atoms with Crippen molar-refractivity contribution in [1.82, 2.24) is 4.98 Å². The topological polar surface area (TPSA) is 46.3 Å². The van der Waals surface area contributed by atoms with Crippen molar-refractivity contribution in [3.05, 3.63) is 24.3 Å². The zero-order valence-electron chi connectivity index (χ0n) is 7.80. The van der Waals surface area contributed by atoms with Crippen LogP contribution < -0.4 is 0 Å². The number of hydrogen-bond acceptors (Lipinski definition) is 4. The van der Waals surface area contributed by atoms with E-state index in [-0.39, 0.29) is 6.10 Å². The summed E-state index contributed by atoms with van der Waals surface area (Å²) in [4.78, 5) is 4.27. The molecule has 1 aromatic carbocycles. The first kappa shape index (κ1) is 9.55. The summed E-state index contributed by atoms with van der Waals surface area (Å²) in [5.74, 6) is 0.604. The first-order chi connectivity index (χ1) is 6.75. The van der Waals surface area contributed by atoms with E-state index in [9.17, 15) is 0 Å². The van der Waals surface area contributed by atoms with Crippen molar-refractivity contribution in [1.29, 1.82) is 0 Å². The number of aliphatic hydroxyl groups is 1. The normalized spacial score (nSPS) is 13.3. The molecule has 0 aliphatic rings. The van der Waals surface area contributed by atoms with Gasteiger partial charge in [0.05, 0.1) is 6.10 Å². The smallest absolute Gasteiger partial charge is 0.256 e. The number of nitrogens with zero attached hydrogens (tertiary/aromatic N) is 1. The van der Waals surface area contributed by atoms with Crippen molar-refractivity contribution in [3.8, 4) is 0 Å². The van der Waals surface area contributed by atoms with Gasteiger partial charge in [-0.05, 0) is 19.1 Å². The zero-order chi connectivity index (χ0) is 9.97. The average Bonchev–Trinajstić information content (AvgIpc) is 2.57. The number of rotatable bonds is 3. The Morgan fingerprint density at radius 1 is 1.50 bits per heavy atom. The standard InChI is InChI=1S/C10H11NO2S/c1-7(12)6-14-10-11-8-4-2-3-5-9(8)13-10/h2-5,7,12H,6H2,1H3. The molecule has 14 heavy (non-hydrogen) atoms. The molecular weight excluding hydrogens is 198 g/mol. The maximum atomic E-state index is 9.10. The number of aliphatic hydroxyl groups excluding tert-OH is 1. The molecule has 1 atom stereocenters. The van der Waals surface area contributed by atoms with Gasteiger partial charge in [-0.3, -0.25) is 0 Å². The number of hydrogen-bond donors (Lipinski definition) is 1. The molecule has 3 nitrogen and oxygen atoms in total. The van der Waals surface area contributed by atoms with Gasteiger partial charge in [0.1, 0.15) is 5.52 Å². The van der Waals surface area contributed by atoms with Crippen LogP contribution in [0.5, 0.6) is 0 Å². The fourth-order valence-electron chi connectivity index (χ4n) is 1.10. The summed E-state index contributed by atoms with van der Waals surface area (Å²) in [6, 6.07) is 7.63. The predicted octanol–water partition coefficient (Wildman–Crippen LogP) is 2.30. The van der Waals surface area contributed by atoms with Crippen LogP contribution >= 0.6 is 11.8 Å². The third-order valence-corrected chi connectivity index (χ3v) is 2.79. The van der Waals surface area contributed by atoms with Gasteiger partial charge in [-0.2, -0.15) is 0 Å². The van der Waals surface area contributed by atoms with Crippen LogP contribution in [0.4, 0.5) is 0 Å². The van der Waals surface area contributed by atoms with Crippen LogP contribution in [0.3, 0.4) is 0 Å². The number of thioether (sulfide) groups is 1. The Bertz CT molecular complexity index is 392. The third-order valence-electron chi connectivity index (χ3n) is 1.72. The van der Waals surface area contributed by atoms with Gasteiger partial charge in [-0.15, -0.1) is 0 Å². The molecule has 74 valence electrons. The Balaban J connectivity index is 2.19. The molecule has 0 spiro atoms. The van der Waals surface area contributed by atoms with Crippen LogP contribution in [-0.2, 0) is 0 Å². The van der Waals surface area contributed by atoms with E-state index in [1.54, 1.807) is 6.92 Å². The molecule has 0 fully saturated rings. The minimum atomic E-state index is -0.338. The van der Waals surface area contributed by atoms with Gasteiger partial charge in [-0.25, -0.2) is 4.98 Å². The molecule has 0 aliphatic heterocycles. The van der Waals surface area contributed by atoms with Crippen molar-refractivity contribution in [2.45, 2.75) is 18.3 Å². The largest absolute Gasteiger partial charge is 0.431 e. The molecule has 2 aromatic rings. The molecule has 0 bridgehead atoms. The summed E-state index contributed by atoms with van der Waals surface area (Å²) in [5.41, 5.74) is 1.65. The van der Waals surface area contributed by atoms with Crippen LogP contribution in [0.2, 0.25) is 0 Å². The van der Waals surface area contributed by atoms with E-state index in [1.807, 2.05) is 24.3 Å². The minimum absolute atomic E-state index is 0.338. The van der Waals surface area contributed by atoms with Gasteiger partial charge >= 0.3 is 0 Å². The molecule has 0 radical (unpaired) electrons. The summed E-state index contributed by atoms with van der Waals surface area (Å²) < 4.78 is 5.46. The lowest BCUT2D eigenvalue weighted by atomic mass is 10.3. The molecule has 2 rings (SSSR count). The highest BCUT2D eigenvalue weighted by molar-refractivity contribution is 7.99. The molecule has 1 N–H and O–H groups in total. The molecule has 0 amide bonds. The Labute approximate surface area is 86.1 Å². The highest BCUT2D eigenvalue weighted by Gasteiger charge is 2.06. The quantitative estimate of drug-likeness (QED) is 0.788. The molecule has 1 heterocycles. The van der Waals surface area contributed by atoms with E-state index < -0.39 is 0 Å². The van der Waals surface area contributed by atoms with Gasteiger partial charge in [0.2, 0.25) is 0 Å². The maximum Gasteiger partial charge on any atom is 0.256 e. The van der Waals surface area contributed by atoms with E-state index in [0.717, 1.165) is 11.1 Å². The third kappa shape index (κ3) is 2.08. The summed E-state index contributed by atoms with van der Waals surface area (Å²) >= 11 is 1.43. The maximum absolute atomic E-state index is 9.10. The van der Waals surface area contributed by atoms with Crippen molar-refractivity contribution in [3.63, 3.8) is 0 Å². The van der Waals surface area contributed by atoms with Crippen LogP contribution in [0.1, 0.15) is 6.92 Å². The van der Waals surface area contributed by atoms with Gasteiger partial charge in [0, 0.05) is 5.75 Å². The van der Waals surface area contributed by atoms with Crippen molar-refractivity contribution in [2.75, 3.05) is 5.75 Å². The Morgan fingerprint density at radius 3 is 3.00 bits per heavy atom. The first-order valence-corrected chi connectivity index (χ1v) is 5.41. The minimum Gasteiger partial charge on any atom is -0.431 e. The lowest BCUT2D eigenvalue weighted by molar-refractivity contribution is 0.220. The SMILES string of the molecule is CC(O)CSc1nc2ccccc2o1. The van der Waals surface area contributed by atoms with Crippen molar-refractivity contribution in [2.24, 2.45) is 0 Å². The van der Waals surface area contributed by atoms with E-state index >= 15 is 0 Å². The van der Waals surface area contributed by atoms with E-state index in [0.29, 0.717) is 11.0 Å². The Kier molecular flexibility index (Phi) is 2.74. The Morgan fingerprint density at radius 2 is 2.29 bits per heavy atom. The van der Waals surface area contributed by atoms with Gasteiger partial charge in [0.25, 0.3) is 5.22 Å². The molecule has 1 aromatic heterocycles. The highest BCUT2D eigenvalue weighted by Crippen LogP contribution is 2.23.